The third-order valence-corrected chi connectivity index (χ3v) is 8.86. The van der Waals surface area contributed by atoms with Crippen molar-refractivity contribution in [3.63, 3.8) is 0 Å². The van der Waals surface area contributed by atoms with Crippen molar-refractivity contribution in [1.82, 2.24) is 0 Å². The molecule has 0 aliphatic rings. The predicted molar refractivity (Wildman–Crippen MR) is 103 cm³/mol. The Morgan fingerprint density at radius 2 is 1.76 bits per heavy atom. The van der Waals surface area contributed by atoms with Crippen LogP contribution in [0.2, 0.25) is 18.1 Å². The van der Waals surface area contributed by atoms with Gasteiger partial charge in [-0.1, -0.05) is 44.9 Å². The first-order valence-corrected chi connectivity index (χ1v) is 11.5. The van der Waals surface area contributed by atoms with Crippen LogP contribution in [0.3, 0.4) is 0 Å². The Balaban J connectivity index is 3.24. The molecule has 0 bridgehead atoms. The van der Waals surface area contributed by atoms with Gasteiger partial charge in [0.05, 0.1) is 6.61 Å². The van der Waals surface area contributed by atoms with Gasteiger partial charge < -0.3 is 13.9 Å². The van der Waals surface area contributed by atoms with Crippen LogP contribution in [0.25, 0.3) is 0 Å². The van der Waals surface area contributed by atoms with Crippen LogP contribution in [-0.4, -0.2) is 33.8 Å². The molecule has 1 aromatic carbocycles. The van der Waals surface area contributed by atoms with Crippen LogP contribution in [0.1, 0.15) is 39.7 Å². The van der Waals surface area contributed by atoms with Crippen LogP contribution in [0, 0.1) is 11.8 Å². The number of methoxy groups -OCH3 is 1. The fraction of sp³-hybridized carbons (Fsp3) is 0.550. The van der Waals surface area contributed by atoms with Gasteiger partial charge in [-0.3, -0.25) is 4.79 Å². The maximum atomic E-state index is 12.1. The Morgan fingerprint density at radius 3 is 2.24 bits per heavy atom. The predicted octanol–water partition coefficient (Wildman–Crippen LogP) is 4.36. The minimum absolute atomic E-state index is 0.0418. The Bertz CT molecular complexity index is 623. The van der Waals surface area contributed by atoms with Gasteiger partial charge in [0, 0.05) is 12.7 Å². The molecular weight excluding hydrogens is 332 g/mol. The van der Waals surface area contributed by atoms with Crippen LogP contribution >= 0.6 is 0 Å². The van der Waals surface area contributed by atoms with Gasteiger partial charge in [0.2, 0.25) is 5.79 Å². The Hall–Kier alpha value is -1.61. The zero-order chi connectivity index (χ0) is 19.1. The molecule has 0 heterocycles. The summed E-state index contributed by atoms with van der Waals surface area (Å²) in [5.74, 6) is 4.43. The van der Waals surface area contributed by atoms with Gasteiger partial charge in [0.25, 0.3) is 0 Å². The monoisotopic (exact) mass is 362 g/mol. The van der Waals surface area contributed by atoms with E-state index in [1.165, 1.54) is 7.11 Å². The van der Waals surface area contributed by atoms with Crippen molar-refractivity contribution in [2.24, 2.45) is 0 Å². The molecule has 4 nitrogen and oxygen atoms in total. The number of rotatable bonds is 6. The molecule has 0 saturated heterocycles. The summed E-state index contributed by atoms with van der Waals surface area (Å²) in [5, 5.41) is -0.0418. The van der Waals surface area contributed by atoms with Crippen molar-refractivity contribution in [3.8, 4) is 11.8 Å². The van der Waals surface area contributed by atoms with Gasteiger partial charge in [-0.2, -0.15) is 0 Å². The first-order chi connectivity index (χ1) is 11.6. The summed E-state index contributed by atoms with van der Waals surface area (Å²) in [6.07, 6.45) is -0.0658. The minimum atomic E-state index is -2.22. The van der Waals surface area contributed by atoms with Crippen molar-refractivity contribution >= 4 is 14.3 Å². The van der Waals surface area contributed by atoms with Gasteiger partial charge in [0.15, 0.2) is 8.32 Å². The van der Waals surface area contributed by atoms with Crippen molar-refractivity contribution in [1.29, 1.82) is 0 Å². The highest BCUT2D eigenvalue weighted by atomic mass is 28.4. The van der Waals surface area contributed by atoms with Gasteiger partial charge in [-0.25, -0.2) is 0 Å². The van der Waals surface area contributed by atoms with Gasteiger partial charge in [0.1, 0.15) is 6.42 Å². The number of esters is 1. The van der Waals surface area contributed by atoms with E-state index in [1.54, 1.807) is 6.92 Å². The van der Waals surface area contributed by atoms with E-state index < -0.39 is 14.1 Å². The van der Waals surface area contributed by atoms with Crippen molar-refractivity contribution in [2.75, 3.05) is 13.7 Å². The number of carbonyl (C=O) groups excluding carboxylic acids is 1. The summed E-state index contributed by atoms with van der Waals surface area (Å²) in [6.45, 7) is 12.7. The molecule has 1 atom stereocenters. The van der Waals surface area contributed by atoms with Gasteiger partial charge >= 0.3 is 5.97 Å². The average Bonchev–Trinajstić information content (AvgIpc) is 2.52. The summed E-state index contributed by atoms with van der Waals surface area (Å²) in [5.41, 5.74) is 0.839. The molecule has 0 radical (unpaired) electrons. The van der Waals surface area contributed by atoms with Crippen LogP contribution in [0.5, 0.6) is 0 Å². The van der Waals surface area contributed by atoms with Crippen molar-refractivity contribution < 1.29 is 18.7 Å². The normalized spacial score (nSPS) is 14.2. The summed E-state index contributed by atoms with van der Waals surface area (Å²) < 4.78 is 17.2. The minimum Gasteiger partial charge on any atom is -0.466 e. The molecule has 25 heavy (non-hydrogen) atoms. The number of benzene rings is 1. The summed E-state index contributed by atoms with van der Waals surface area (Å²) in [6, 6.07) is 9.57. The smallest absolute Gasteiger partial charge is 0.312 e. The average molecular weight is 363 g/mol. The van der Waals surface area contributed by atoms with E-state index in [0.717, 1.165) is 5.56 Å². The maximum absolute atomic E-state index is 12.1. The van der Waals surface area contributed by atoms with Gasteiger partial charge in [-0.05, 0) is 43.1 Å². The number of hydrogen-bond acceptors (Lipinski definition) is 4. The molecular formula is C20H30O4Si. The molecule has 0 aromatic heterocycles. The molecule has 0 aliphatic carbocycles. The molecule has 0 N–H and O–H groups in total. The lowest BCUT2D eigenvalue weighted by Gasteiger charge is -2.42. The van der Waals surface area contributed by atoms with E-state index in [2.05, 4.69) is 45.7 Å². The van der Waals surface area contributed by atoms with Crippen molar-refractivity contribution in [3.05, 3.63) is 35.9 Å². The number of ether oxygens (including phenoxy) is 2. The SMILES string of the molecule is CCOC(=O)CC(C#Cc1ccccc1)(OC)O[Si](C)(C)C(C)(C)C. The van der Waals surface area contributed by atoms with E-state index in [-0.39, 0.29) is 17.4 Å². The zero-order valence-electron chi connectivity index (χ0n) is 16.4. The second kappa shape index (κ2) is 8.66. The zero-order valence-corrected chi connectivity index (χ0v) is 17.4. The molecule has 0 saturated carbocycles. The molecule has 0 spiro atoms. The maximum Gasteiger partial charge on any atom is 0.312 e. The quantitative estimate of drug-likeness (QED) is 0.326. The summed E-state index contributed by atoms with van der Waals surface area (Å²) in [4.78, 5) is 12.1. The molecule has 138 valence electrons. The van der Waals surface area contributed by atoms with E-state index in [4.69, 9.17) is 13.9 Å². The lowest BCUT2D eigenvalue weighted by atomic mass is 10.1. The molecule has 0 amide bonds. The van der Waals surface area contributed by atoms with E-state index >= 15 is 0 Å². The van der Waals surface area contributed by atoms with E-state index in [0.29, 0.717) is 6.61 Å². The molecule has 0 aliphatic heterocycles. The fourth-order valence-corrected chi connectivity index (χ4v) is 3.26. The lowest BCUT2D eigenvalue weighted by Crippen LogP contribution is -2.51. The second-order valence-electron chi connectivity index (χ2n) is 7.42. The van der Waals surface area contributed by atoms with Crippen LogP contribution in [-0.2, 0) is 18.7 Å². The largest absolute Gasteiger partial charge is 0.466 e. The lowest BCUT2D eigenvalue weighted by molar-refractivity contribution is -0.167. The van der Waals surface area contributed by atoms with Crippen molar-refractivity contribution in [2.45, 2.75) is 58.0 Å². The second-order valence-corrected chi connectivity index (χ2v) is 12.1. The molecule has 1 aromatic rings. The third-order valence-electron chi connectivity index (χ3n) is 4.41. The highest BCUT2D eigenvalue weighted by Gasteiger charge is 2.46. The van der Waals surface area contributed by atoms with E-state index in [9.17, 15) is 4.79 Å². The fourth-order valence-electron chi connectivity index (χ4n) is 1.93. The Morgan fingerprint density at radius 1 is 1.16 bits per heavy atom. The van der Waals surface area contributed by atoms with Crippen LogP contribution < -0.4 is 0 Å². The van der Waals surface area contributed by atoms with E-state index in [1.807, 2.05) is 30.3 Å². The molecule has 0 fully saturated rings. The first-order valence-electron chi connectivity index (χ1n) is 8.54. The Labute approximate surface area is 153 Å². The molecule has 1 rings (SSSR count). The molecule has 1 unspecified atom stereocenters. The standard InChI is InChI=1S/C20H30O4Si/c1-8-23-18(21)16-20(22-5,24-25(6,7)19(2,3)4)15-14-17-12-10-9-11-13-17/h9-13H,8,16H2,1-7H3. The topological polar surface area (TPSA) is 44.8 Å². The van der Waals surface area contributed by atoms with Gasteiger partial charge in [-0.15, -0.1) is 0 Å². The van der Waals surface area contributed by atoms with Crippen LogP contribution in [0.4, 0.5) is 0 Å². The Kier molecular flexibility index (Phi) is 7.42. The molecule has 5 heteroatoms. The highest BCUT2D eigenvalue weighted by Crippen LogP contribution is 2.40. The third kappa shape index (κ3) is 6.31. The highest BCUT2D eigenvalue weighted by molar-refractivity contribution is 6.74. The number of carbonyl (C=O) groups is 1. The first kappa shape index (κ1) is 21.4. The number of hydrogen-bond donors (Lipinski definition) is 0. The summed E-state index contributed by atoms with van der Waals surface area (Å²) >= 11 is 0. The summed E-state index contributed by atoms with van der Waals surface area (Å²) in [7, 11) is -0.705. The van der Waals surface area contributed by atoms with Crippen LogP contribution in [0.15, 0.2) is 30.3 Å².